The van der Waals surface area contributed by atoms with Gasteiger partial charge >= 0.3 is 12.0 Å². The first-order valence-corrected chi connectivity index (χ1v) is 5.17. The highest BCUT2D eigenvalue weighted by Crippen LogP contribution is 1.98. The Balaban J connectivity index is 4.31. The van der Waals surface area contributed by atoms with E-state index in [2.05, 4.69) is 5.32 Å². The Bertz CT molecular complexity index is 313. The molecule has 7 heteroatoms. The van der Waals surface area contributed by atoms with Crippen LogP contribution in [0.2, 0.25) is 0 Å². The number of hydrogen-bond acceptors (Lipinski definition) is 4. The van der Waals surface area contributed by atoms with Crippen LogP contribution in [-0.2, 0) is 4.79 Å². The lowest BCUT2D eigenvalue weighted by Crippen LogP contribution is -2.47. The van der Waals surface area contributed by atoms with Crippen molar-refractivity contribution in [1.29, 1.82) is 5.26 Å². The van der Waals surface area contributed by atoms with E-state index in [0.29, 0.717) is 0 Å². The standard InChI is InChI=1S/C10H17N3O4/c1-7(5-11)6-13(2)10(17)12-8(3-4-14)9(15)16/h7-8,14H,3-4,6H2,1-2H3,(H,12,17)(H,15,16)/t7?,8-/m0/s1. The number of nitriles is 1. The second-order valence-electron chi connectivity index (χ2n) is 3.76. The lowest BCUT2D eigenvalue weighted by atomic mass is 10.2. The molecule has 0 aromatic carbocycles. The Kier molecular flexibility index (Phi) is 6.67. The maximum absolute atomic E-state index is 11.5. The summed E-state index contributed by atoms with van der Waals surface area (Å²) >= 11 is 0. The normalized spacial score (nSPS) is 13.3. The van der Waals surface area contributed by atoms with Crippen molar-refractivity contribution in [2.24, 2.45) is 5.92 Å². The van der Waals surface area contributed by atoms with Crippen LogP contribution in [0.5, 0.6) is 0 Å². The Morgan fingerprint density at radius 2 is 2.12 bits per heavy atom. The SMILES string of the molecule is CC(C#N)CN(C)C(=O)N[C@@H](CCO)C(=O)O. The Hall–Kier alpha value is -1.81. The number of nitrogens with one attached hydrogen (secondary N) is 1. The molecule has 0 aliphatic carbocycles. The number of urea groups is 1. The van der Waals surface area contributed by atoms with Gasteiger partial charge in [0.1, 0.15) is 6.04 Å². The third kappa shape index (κ3) is 5.73. The van der Waals surface area contributed by atoms with Gasteiger partial charge in [-0.2, -0.15) is 5.26 Å². The van der Waals surface area contributed by atoms with Gasteiger partial charge in [-0.1, -0.05) is 0 Å². The first kappa shape index (κ1) is 15.2. The summed E-state index contributed by atoms with van der Waals surface area (Å²) in [5, 5.41) is 28.3. The minimum atomic E-state index is -1.20. The van der Waals surface area contributed by atoms with Crippen molar-refractivity contribution in [3.63, 3.8) is 0 Å². The van der Waals surface area contributed by atoms with E-state index < -0.39 is 18.0 Å². The van der Waals surface area contributed by atoms with Crippen molar-refractivity contribution in [3.05, 3.63) is 0 Å². The van der Waals surface area contributed by atoms with Crippen molar-refractivity contribution in [1.82, 2.24) is 10.2 Å². The molecule has 0 fully saturated rings. The van der Waals surface area contributed by atoms with E-state index in [1.807, 2.05) is 6.07 Å². The lowest BCUT2D eigenvalue weighted by Gasteiger charge is -2.21. The number of nitrogens with zero attached hydrogens (tertiary/aromatic N) is 2. The summed E-state index contributed by atoms with van der Waals surface area (Å²) in [5.41, 5.74) is 0. The van der Waals surface area contributed by atoms with Crippen LogP contribution in [0.1, 0.15) is 13.3 Å². The van der Waals surface area contributed by atoms with E-state index in [0.717, 1.165) is 0 Å². The van der Waals surface area contributed by atoms with Gasteiger partial charge < -0.3 is 20.4 Å². The molecule has 96 valence electrons. The minimum Gasteiger partial charge on any atom is -0.480 e. The molecule has 0 aliphatic rings. The fourth-order valence-electron chi connectivity index (χ4n) is 1.18. The highest BCUT2D eigenvalue weighted by molar-refractivity contribution is 5.82. The largest absolute Gasteiger partial charge is 0.480 e. The number of carboxylic acid groups (broad SMARTS) is 1. The number of carbonyl (C=O) groups excluding carboxylic acids is 1. The van der Waals surface area contributed by atoms with Gasteiger partial charge in [-0.3, -0.25) is 0 Å². The van der Waals surface area contributed by atoms with Gasteiger partial charge in [0.25, 0.3) is 0 Å². The zero-order valence-corrected chi connectivity index (χ0v) is 9.88. The van der Waals surface area contributed by atoms with Crippen LogP contribution in [-0.4, -0.2) is 53.4 Å². The van der Waals surface area contributed by atoms with Crippen LogP contribution in [0.3, 0.4) is 0 Å². The summed E-state index contributed by atoms with van der Waals surface area (Å²) in [6.07, 6.45) is -0.0529. The molecule has 0 aliphatic heterocycles. The first-order chi connectivity index (χ1) is 7.92. The third-order valence-corrected chi connectivity index (χ3v) is 2.13. The van der Waals surface area contributed by atoms with Crippen LogP contribution in [0.25, 0.3) is 0 Å². The highest BCUT2D eigenvalue weighted by atomic mass is 16.4. The molecule has 7 nitrogen and oxygen atoms in total. The maximum atomic E-state index is 11.5. The van der Waals surface area contributed by atoms with Gasteiger partial charge in [0.05, 0.1) is 12.0 Å². The molecule has 0 saturated carbocycles. The number of amides is 2. The van der Waals surface area contributed by atoms with Gasteiger partial charge in [-0.15, -0.1) is 0 Å². The number of aliphatic carboxylic acids is 1. The minimum absolute atomic E-state index is 0.0529. The molecule has 2 amide bonds. The third-order valence-electron chi connectivity index (χ3n) is 2.13. The van der Waals surface area contributed by atoms with E-state index in [4.69, 9.17) is 15.5 Å². The summed E-state index contributed by atoms with van der Waals surface area (Å²) in [6.45, 7) is 1.55. The van der Waals surface area contributed by atoms with Gasteiger partial charge in [-0.25, -0.2) is 9.59 Å². The van der Waals surface area contributed by atoms with Crippen molar-refractivity contribution in [2.75, 3.05) is 20.2 Å². The zero-order valence-electron chi connectivity index (χ0n) is 9.88. The Labute approximate surface area is 99.6 Å². The fraction of sp³-hybridized carbons (Fsp3) is 0.700. The molecule has 0 radical (unpaired) electrons. The summed E-state index contributed by atoms with van der Waals surface area (Å²) in [4.78, 5) is 23.5. The smallest absolute Gasteiger partial charge is 0.326 e. The number of aliphatic hydroxyl groups excluding tert-OH is 1. The van der Waals surface area contributed by atoms with Gasteiger partial charge in [0, 0.05) is 26.6 Å². The Morgan fingerprint density at radius 1 is 1.53 bits per heavy atom. The van der Waals surface area contributed by atoms with Crippen molar-refractivity contribution >= 4 is 12.0 Å². The lowest BCUT2D eigenvalue weighted by molar-refractivity contribution is -0.139. The molecule has 2 atom stereocenters. The van der Waals surface area contributed by atoms with Gasteiger partial charge in [0.2, 0.25) is 0 Å². The molecule has 17 heavy (non-hydrogen) atoms. The average Bonchev–Trinajstić information content (AvgIpc) is 2.27. The molecule has 0 heterocycles. The second-order valence-corrected chi connectivity index (χ2v) is 3.76. The van der Waals surface area contributed by atoms with E-state index in [-0.39, 0.29) is 25.5 Å². The average molecular weight is 243 g/mol. The molecule has 0 aromatic rings. The topological polar surface area (TPSA) is 114 Å². The molecule has 3 N–H and O–H groups in total. The molecule has 0 bridgehead atoms. The zero-order chi connectivity index (χ0) is 13.4. The van der Waals surface area contributed by atoms with E-state index >= 15 is 0 Å². The predicted molar refractivity (Wildman–Crippen MR) is 59.1 cm³/mol. The maximum Gasteiger partial charge on any atom is 0.326 e. The van der Waals surface area contributed by atoms with Crippen LogP contribution < -0.4 is 5.32 Å². The molecule has 0 aromatic heterocycles. The van der Waals surface area contributed by atoms with Crippen LogP contribution >= 0.6 is 0 Å². The number of aliphatic hydroxyl groups is 1. The monoisotopic (exact) mass is 243 g/mol. The molecular weight excluding hydrogens is 226 g/mol. The number of rotatable bonds is 6. The van der Waals surface area contributed by atoms with Crippen LogP contribution in [0.15, 0.2) is 0 Å². The first-order valence-electron chi connectivity index (χ1n) is 5.17. The quantitative estimate of drug-likeness (QED) is 0.588. The van der Waals surface area contributed by atoms with Crippen molar-refractivity contribution < 1.29 is 19.8 Å². The van der Waals surface area contributed by atoms with Crippen LogP contribution in [0, 0.1) is 17.2 Å². The fourth-order valence-corrected chi connectivity index (χ4v) is 1.18. The van der Waals surface area contributed by atoms with Crippen LogP contribution in [0.4, 0.5) is 4.79 Å². The van der Waals surface area contributed by atoms with Gasteiger partial charge in [-0.05, 0) is 6.92 Å². The highest BCUT2D eigenvalue weighted by Gasteiger charge is 2.21. The molecule has 1 unspecified atom stereocenters. The Morgan fingerprint density at radius 3 is 2.53 bits per heavy atom. The van der Waals surface area contributed by atoms with E-state index in [1.165, 1.54) is 11.9 Å². The molecular formula is C10H17N3O4. The van der Waals surface area contributed by atoms with E-state index in [1.54, 1.807) is 6.92 Å². The predicted octanol–water partition coefficient (Wildman–Crippen LogP) is -0.377. The summed E-state index contributed by atoms with van der Waals surface area (Å²) < 4.78 is 0. The number of carbonyl (C=O) groups is 2. The summed E-state index contributed by atoms with van der Waals surface area (Å²) in [6, 6.07) is 0.280. The second kappa shape index (κ2) is 7.46. The van der Waals surface area contributed by atoms with Gasteiger partial charge in [0.15, 0.2) is 0 Å². The summed E-state index contributed by atoms with van der Waals surface area (Å²) in [7, 11) is 1.47. The number of hydrogen-bond donors (Lipinski definition) is 3. The molecule has 0 rings (SSSR count). The summed E-state index contributed by atoms with van der Waals surface area (Å²) in [5.74, 6) is -1.53. The molecule has 0 spiro atoms. The van der Waals surface area contributed by atoms with Crippen molar-refractivity contribution in [2.45, 2.75) is 19.4 Å². The van der Waals surface area contributed by atoms with Crippen molar-refractivity contribution in [3.8, 4) is 6.07 Å². The van der Waals surface area contributed by atoms with E-state index in [9.17, 15) is 9.59 Å². The molecule has 0 saturated heterocycles. The number of carboxylic acids is 1.